The Morgan fingerprint density at radius 1 is 1.38 bits per heavy atom. The van der Waals surface area contributed by atoms with E-state index in [1.165, 1.54) is 5.56 Å². The van der Waals surface area contributed by atoms with Crippen LogP contribution in [0.3, 0.4) is 0 Å². The molecule has 110 valence electrons. The molecule has 6 heteroatoms. The van der Waals surface area contributed by atoms with Gasteiger partial charge in [-0.1, -0.05) is 37.6 Å². The van der Waals surface area contributed by atoms with Crippen LogP contribution in [0.1, 0.15) is 29.3 Å². The smallest absolute Gasteiger partial charge is 0.325 e. The summed E-state index contributed by atoms with van der Waals surface area (Å²) in [5, 5.41) is 13.0. The lowest BCUT2D eigenvalue weighted by Gasteiger charge is -2.01. The molecule has 0 aliphatic heterocycles. The van der Waals surface area contributed by atoms with Crippen LogP contribution in [0.5, 0.6) is 0 Å². The van der Waals surface area contributed by atoms with Gasteiger partial charge in [0.2, 0.25) is 0 Å². The number of aldehydes is 1. The Morgan fingerprint density at radius 2 is 2.05 bits per heavy atom. The van der Waals surface area contributed by atoms with Crippen molar-refractivity contribution >= 4 is 18.1 Å². The summed E-state index contributed by atoms with van der Waals surface area (Å²) in [4.78, 5) is 22.0. The van der Waals surface area contributed by atoms with Gasteiger partial charge in [0.15, 0.2) is 6.29 Å². The molecule has 0 bridgehead atoms. The Morgan fingerprint density at radius 3 is 2.57 bits per heavy atom. The van der Waals surface area contributed by atoms with Gasteiger partial charge in [-0.05, 0) is 12.0 Å². The minimum Gasteiger partial charge on any atom is -0.480 e. The molecule has 0 aliphatic rings. The van der Waals surface area contributed by atoms with E-state index in [0.29, 0.717) is 12.0 Å². The molecule has 2 aromatic rings. The van der Waals surface area contributed by atoms with Crippen LogP contribution in [0.4, 0.5) is 5.82 Å². The zero-order chi connectivity index (χ0) is 15.4. The van der Waals surface area contributed by atoms with Gasteiger partial charge < -0.3 is 10.8 Å². The highest BCUT2D eigenvalue weighted by Gasteiger charge is 2.17. The zero-order valence-corrected chi connectivity index (χ0v) is 11.7. The zero-order valence-electron chi connectivity index (χ0n) is 11.7. The van der Waals surface area contributed by atoms with Gasteiger partial charge in [-0.15, -0.1) is 0 Å². The summed E-state index contributed by atoms with van der Waals surface area (Å²) in [5.41, 5.74) is 8.36. The van der Waals surface area contributed by atoms with E-state index >= 15 is 0 Å². The van der Waals surface area contributed by atoms with Gasteiger partial charge >= 0.3 is 5.97 Å². The van der Waals surface area contributed by atoms with Crippen LogP contribution in [0, 0.1) is 0 Å². The maximum absolute atomic E-state index is 11.2. The SMILES string of the molecule is CCCc1ccc(-c2nn(CC(=O)O)c(N)c2C=O)cc1. The topological polar surface area (TPSA) is 98.2 Å². The van der Waals surface area contributed by atoms with E-state index in [4.69, 9.17) is 10.8 Å². The van der Waals surface area contributed by atoms with Crippen molar-refractivity contribution in [2.45, 2.75) is 26.3 Å². The third-order valence-electron chi connectivity index (χ3n) is 3.20. The lowest BCUT2D eigenvalue weighted by molar-refractivity contribution is -0.137. The molecule has 0 aliphatic carbocycles. The highest BCUT2D eigenvalue weighted by molar-refractivity contribution is 5.91. The van der Waals surface area contributed by atoms with Crippen LogP contribution in [0.25, 0.3) is 11.3 Å². The largest absolute Gasteiger partial charge is 0.480 e. The lowest BCUT2D eigenvalue weighted by Crippen LogP contribution is -2.12. The maximum atomic E-state index is 11.2. The van der Waals surface area contributed by atoms with E-state index in [2.05, 4.69) is 12.0 Å². The van der Waals surface area contributed by atoms with E-state index in [-0.39, 0.29) is 17.9 Å². The first-order valence-corrected chi connectivity index (χ1v) is 6.69. The van der Waals surface area contributed by atoms with Crippen molar-refractivity contribution in [3.05, 3.63) is 35.4 Å². The molecular weight excluding hydrogens is 270 g/mol. The third kappa shape index (κ3) is 3.10. The average molecular weight is 287 g/mol. The maximum Gasteiger partial charge on any atom is 0.325 e. The van der Waals surface area contributed by atoms with Crippen molar-refractivity contribution in [3.63, 3.8) is 0 Å². The minimum atomic E-state index is -1.06. The number of benzene rings is 1. The van der Waals surface area contributed by atoms with Gasteiger partial charge in [0.05, 0.1) is 5.56 Å². The molecule has 0 amide bonds. The number of aliphatic carboxylic acids is 1. The number of anilines is 1. The fourth-order valence-electron chi connectivity index (χ4n) is 2.18. The number of aromatic nitrogens is 2. The van der Waals surface area contributed by atoms with Gasteiger partial charge in [0, 0.05) is 5.56 Å². The molecule has 0 saturated heterocycles. The summed E-state index contributed by atoms with van der Waals surface area (Å²) >= 11 is 0. The second-order valence-electron chi connectivity index (χ2n) is 4.76. The minimum absolute atomic E-state index is 0.0695. The Hall–Kier alpha value is -2.63. The van der Waals surface area contributed by atoms with E-state index < -0.39 is 5.97 Å². The monoisotopic (exact) mass is 287 g/mol. The number of nitrogens with two attached hydrogens (primary N) is 1. The molecule has 0 saturated carbocycles. The number of carboxylic acid groups (broad SMARTS) is 1. The molecule has 0 radical (unpaired) electrons. The number of nitrogens with zero attached hydrogens (tertiary/aromatic N) is 2. The lowest BCUT2D eigenvalue weighted by atomic mass is 10.0. The molecule has 6 nitrogen and oxygen atoms in total. The molecule has 1 heterocycles. The Kier molecular flexibility index (Phi) is 4.37. The fraction of sp³-hybridized carbons (Fsp3) is 0.267. The summed E-state index contributed by atoms with van der Waals surface area (Å²) in [6.07, 6.45) is 2.64. The van der Waals surface area contributed by atoms with Gasteiger partial charge in [-0.2, -0.15) is 5.10 Å². The summed E-state index contributed by atoms with van der Waals surface area (Å²) in [6.45, 7) is 1.73. The molecule has 0 atom stereocenters. The highest BCUT2D eigenvalue weighted by atomic mass is 16.4. The van der Waals surface area contributed by atoms with Crippen molar-refractivity contribution in [3.8, 4) is 11.3 Å². The molecule has 1 aromatic carbocycles. The van der Waals surface area contributed by atoms with E-state index in [1.807, 2.05) is 24.3 Å². The molecule has 0 fully saturated rings. The summed E-state index contributed by atoms with van der Waals surface area (Å²) in [6, 6.07) is 7.68. The fourth-order valence-corrected chi connectivity index (χ4v) is 2.18. The normalized spacial score (nSPS) is 10.5. The molecule has 0 spiro atoms. The van der Waals surface area contributed by atoms with Gasteiger partial charge in [-0.3, -0.25) is 9.59 Å². The van der Waals surface area contributed by atoms with Crippen LogP contribution in [-0.2, 0) is 17.8 Å². The van der Waals surface area contributed by atoms with Gasteiger partial charge in [0.25, 0.3) is 0 Å². The molecular formula is C15H17N3O3. The van der Waals surface area contributed by atoms with Crippen LogP contribution < -0.4 is 5.73 Å². The van der Waals surface area contributed by atoms with E-state index in [0.717, 1.165) is 23.1 Å². The van der Waals surface area contributed by atoms with Gasteiger partial charge in [-0.25, -0.2) is 4.68 Å². The van der Waals surface area contributed by atoms with E-state index in [1.54, 1.807) is 0 Å². The van der Waals surface area contributed by atoms with Crippen LogP contribution in [0.15, 0.2) is 24.3 Å². The molecule has 2 rings (SSSR count). The highest BCUT2D eigenvalue weighted by Crippen LogP contribution is 2.26. The van der Waals surface area contributed by atoms with Crippen LogP contribution in [-0.4, -0.2) is 27.1 Å². The summed E-state index contributed by atoms with van der Waals surface area (Å²) in [7, 11) is 0. The van der Waals surface area contributed by atoms with Crippen molar-refractivity contribution in [2.24, 2.45) is 0 Å². The predicted molar refractivity (Wildman–Crippen MR) is 79.1 cm³/mol. The first-order valence-electron chi connectivity index (χ1n) is 6.69. The number of carboxylic acids is 1. The second-order valence-corrected chi connectivity index (χ2v) is 4.76. The number of carbonyl (C=O) groups is 2. The Bertz CT molecular complexity index is 660. The predicted octanol–water partition coefficient (Wildman–Crippen LogP) is 1.98. The number of nitrogen functional groups attached to an aromatic ring is 1. The molecule has 21 heavy (non-hydrogen) atoms. The first kappa shape index (κ1) is 14.8. The third-order valence-corrected chi connectivity index (χ3v) is 3.20. The average Bonchev–Trinajstić information content (AvgIpc) is 2.76. The van der Waals surface area contributed by atoms with Crippen LogP contribution >= 0.6 is 0 Å². The van der Waals surface area contributed by atoms with Crippen LogP contribution in [0.2, 0.25) is 0 Å². The quantitative estimate of drug-likeness (QED) is 0.792. The standard InChI is InChI=1S/C15H17N3O3/c1-2-3-10-4-6-11(7-5-10)14-12(9-19)15(16)18(17-14)8-13(20)21/h4-7,9H,2-3,8,16H2,1H3,(H,20,21). The van der Waals surface area contributed by atoms with Gasteiger partial charge in [0.1, 0.15) is 18.1 Å². The number of hydrogen-bond donors (Lipinski definition) is 2. The number of carbonyl (C=O) groups excluding carboxylic acids is 1. The van der Waals surface area contributed by atoms with Crippen molar-refractivity contribution < 1.29 is 14.7 Å². The molecule has 0 unspecified atom stereocenters. The number of hydrogen-bond acceptors (Lipinski definition) is 4. The van der Waals surface area contributed by atoms with Crippen molar-refractivity contribution in [1.29, 1.82) is 0 Å². The summed E-state index contributed by atoms with van der Waals surface area (Å²) in [5.74, 6) is -0.994. The molecule has 3 N–H and O–H groups in total. The van der Waals surface area contributed by atoms with E-state index in [9.17, 15) is 9.59 Å². The number of aryl methyl sites for hydroxylation is 1. The van der Waals surface area contributed by atoms with Crippen molar-refractivity contribution in [2.75, 3.05) is 5.73 Å². The summed E-state index contributed by atoms with van der Waals surface area (Å²) < 4.78 is 1.13. The first-order chi connectivity index (χ1) is 10.1. The van der Waals surface area contributed by atoms with Crippen molar-refractivity contribution in [1.82, 2.24) is 9.78 Å². The second kappa shape index (κ2) is 6.21. The Labute approximate surface area is 122 Å². The Balaban J connectivity index is 2.42. The number of rotatable bonds is 6. The molecule has 1 aromatic heterocycles.